The van der Waals surface area contributed by atoms with Crippen molar-refractivity contribution in [2.75, 3.05) is 39.5 Å². The number of anilines is 1. The molecule has 1 fully saturated rings. The molecule has 0 spiro atoms. The summed E-state index contributed by atoms with van der Waals surface area (Å²) >= 11 is 0. The monoisotopic (exact) mass is 717 g/mol. The largest absolute Gasteiger partial charge is 0.385 e. The second kappa shape index (κ2) is 17.2. The molecule has 3 heterocycles. The predicted molar refractivity (Wildman–Crippen MR) is 196 cm³/mol. The first-order valence-corrected chi connectivity index (χ1v) is 19.5. The van der Waals surface area contributed by atoms with Crippen molar-refractivity contribution in [2.24, 2.45) is 0 Å². The minimum atomic E-state index is -3.98. The molecule has 0 saturated carbocycles. The maximum Gasteiger partial charge on any atom is 0.209 e. The molecule has 2 N–H and O–H groups in total. The number of piperidine rings is 1. The number of sulfone groups is 1. The van der Waals surface area contributed by atoms with E-state index in [0.717, 1.165) is 60.0 Å². The van der Waals surface area contributed by atoms with Crippen molar-refractivity contribution in [1.29, 1.82) is 0 Å². The molecule has 0 bridgehead atoms. The Hall–Kier alpha value is -3.65. The lowest BCUT2D eigenvalue weighted by molar-refractivity contribution is -0.00780. The number of aromatic nitrogens is 3. The van der Waals surface area contributed by atoms with E-state index in [1.165, 1.54) is 0 Å². The van der Waals surface area contributed by atoms with E-state index in [9.17, 15) is 8.42 Å². The van der Waals surface area contributed by atoms with Crippen molar-refractivity contribution in [1.82, 2.24) is 20.1 Å². The van der Waals surface area contributed by atoms with Gasteiger partial charge >= 0.3 is 0 Å². The highest BCUT2D eigenvalue weighted by Gasteiger charge is 2.40. The lowest BCUT2D eigenvalue weighted by atomic mass is 9.82. The third-order valence-corrected chi connectivity index (χ3v) is 12.1. The van der Waals surface area contributed by atoms with Crippen molar-refractivity contribution in [3.05, 3.63) is 107 Å². The summed E-state index contributed by atoms with van der Waals surface area (Å²) in [4.78, 5) is 10.1. The van der Waals surface area contributed by atoms with Crippen molar-refractivity contribution in [2.45, 2.75) is 92.9 Å². The molecule has 6 atom stereocenters. The van der Waals surface area contributed by atoms with Gasteiger partial charge in [0.05, 0.1) is 35.9 Å². The Morgan fingerprint density at radius 1 is 1.04 bits per heavy atom. The molecule has 12 heteroatoms. The van der Waals surface area contributed by atoms with E-state index in [0.29, 0.717) is 31.9 Å². The topological polar surface area (TPSA) is 126 Å². The fourth-order valence-electron chi connectivity index (χ4n) is 7.39. The van der Waals surface area contributed by atoms with Gasteiger partial charge in [0.25, 0.3) is 0 Å². The van der Waals surface area contributed by atoms with Crippen LogP contribution >= 0.6 is 0 Å². The molecule has 1 aromatic heterocycles. The Labute approximate surface area is 301 Å². The number of methoxy groups -OCH3 is 2. The van der Waals surface area contributed by atoms with E-state index < -0.39 is 21.4 Å². The molecule has 11 nitrogen and oxygen atoms in total. The predicted octanol–water partition coefficient (Wildman–Crippen LogP) is 6.65. The van der Waals surface area contributed by atoms with Crippen molar-refractivity contribution in [3.63, 3.8) is 0 Å². The van der Waals surface area contributed by atoms with Gasteiger partial charge in [-0.15, -0.1) is 0 Å². The van der Waals surface area contributed by atoms with Crippen LogP contribution in [0.25, 0.3) is 0 Å². The van der Waals surface area contributed by atoms with Crippen molar-refractivity contribution < 1.29 is 27.5 Å². The SMILES string of the molecule is CC[C@H](C[C@H]1C[C@H](c2ccc(COC)cc2)[C@@H](OC(c2ccc3c(c2)C(CCCOC)CON3)S(=O)(=O)c2ccc(C)cc2)CN1)n1cncn1. The van der Waals surface area contributed by atoms with Gasteiger partial charge in [-0.05, 0) is 85.5 Å². The van der Waals surface area contributed by atoms with Crippen LogP contribution in [0.5, 0.6) is 0 Å². The molecule has 2 aliphatic rings. The van der Waals surface area contributed by atoms with Crippen LogP contribution in [0.3, 0.4) is 0 Å². The van der Waals surface area contributed by atoms with Gasteiger partial charge in [0.2, 0.25) is 9.84 Å². The summed E-state index contributed by atoms with van der Waals surface area (Å²) in [5.41, 5.74) is 7.44. The number of nitrogens with one attached hydrogen (secondary N) is 2. The third-order valence-electron chi connectivity index (χ3n) is 10.2. The molecule has 6 rings (SSSR count). The molecule has 0 amide bonds. The molecule has 2 unspecified atom stereocenters. The van der Waals surface area contributed by atoms with Crippen molar-refractivity contribution in [3.8, 4) is 0 Å². The molecule has 1 saturated heterocycles. The van der Waals surface area contributed by atoms with Crippen LogP contribution in [-0.4, -0.2) is 69.3 Å². The van der Waals surface area contributed by atoms with Crippen LogP contribution in [0.4, 0.5) is 5.69 Å². The second-order valence-electron chi connectivity index (χ2n) is 13.8. The number of ether oxygens (including phenoxy) is 3. The number of hydrogen-bond donors (Lipinski definition) is 2. The van der Waals surface area contributed by atoms with Gasteiger partial charge in [-0.3, -0.25) is 10.3 Å². The lowest BCUT2D eigenvalue weighted by Crippen LogP contribution is -2.48. The van der Waals surface area contributed by atoms with Crippen LogP contribution in [0.1, 0.15) is 90.2 Å². The summed E-state index contributed by atoms with van der Waals surface area (Å²) < 4.78 is 49.0. The maximum absolute atomic E-state index is 14.7. The number of benzene rings is 3. The summed E-state index contributed by atoms with van der Waals surface area (Å²) in [5.74, 6) is 0.0253. The van der Waals surface area contributed by atoms with E-state index in [1.807, 2.05) is 41.9 Å². The van der Waals surface area contributed by atoms with Crippen LogP contribution in [0, 0.1) is 6.92 Å². The third kappa shape index (κ3) is 8.88. The molecule has 0 radical (unpaired) electrons. The number of hydrogen-bond acceptors (Lipinski definition) is 10. The van der Waals surface area contributed by atoms with Gasteiger partial charge in [0.1, 0.15) is 12.7 Å². The Morgan fingerprint density at radius 3 is 2.55 bits per heavy atom. The van der Waals surface area contributed by atoms with E-state index >= 15 is 0 Å². The van der Waals surface area contributed by atoms with Crippen LogP contribution < -0.4 is 10.8 Å². The van der Waals surface area contributed by atoms with Gasteiger partial charge in [0.15, 0.2) is 5.44 Å². The first kappa shape index (κ1) is 37.1. The molecular weight excluding hydrogens is 667 g/mol. The second-order valence-corrected chi connectivity index (χ2v) is 15.7. The molecular formula is C39H51N5O6S. The zero-order valence-corrected chi connectivity index (χ0v) is 30.8. The Balaban J connectivity index is 1.35. The van der Waals surface area contributed by atoms with Gasteiger partial charge in [-0.2, -0.15) is 5.10 Å². The first-order chi connectivity index (χ1) is 24.8. The van der Waals surface area contributed by atoms with Gasteiger partial charge in [0, 0.05) is 45.2 Å². The van der Waals surface area contributed by atoms with Gasteiger partial charge in [-0.25, -0.2) is 18.1 Å². The number of rotatable bonds is 16. The quantitative estimate of drug-likeness (QED) is 0.122. The zero-order chi connectivity index (χ0) is 35.8. The fraction of sp³-hybridized carbons (Fsp3) is 0.487. The average molecular weight is 718 g/mol. The van der Waals surface area contributed by atoms with Crippen LogP contribution in [0.15, 0.2) is 84.3 Å². The smallest absolute Gasteiger partial charge is 0.209 e. The Morgan fingerprint density at radius 2 is 1.84 bits per heavy atom. The molecule has 51 heavy (non-hydrogen) atoms. The van der Waals surface area contributed by atoms with E-state index in [-0.39, 0.29) is 28.8 Å². The highest BCUT2D eigenvalue weighted by Crippen LogP contribution is 2.41. The van der Waals surface area contributed by atoms with Crippen molar-refractivity contribution >= 4 is 15.5 Å². The molecule has 2 aliphatic heterocycles. The zero-order valence-electron chi connectivity index (χ0n) is 30.0. The highest BCUT2D eigenvalue weighted by atomic mass is 32.2. The summed E-state index contributed by atoms with van der Waals surface area (Å²) in [5, 5.41) is 8.15. The lowest BCUT2D eigenvalue weighted by Gasteiger charge is -2.40. The Bertz CT molecular complexity index is 1790. The molecule has 0 aliphatic carbocycles. The van der Waals surface area contributed by atoms with Crippen LogP contribution in [0.2, 0.25) is 0 Å². The number of nitrogens with zero attached hydrogens (tertiary/aromatic N) is 3. The normalized spacial score (nSPS) is 21.8. The summed E-state index contributed by atoms with van der Waals surface area (Å²) in [6.45, 7) is 6.25. The summed E-state index contributed by atoms with van der Waals surface area (Å²) in [6.07, 6.45) is 7.18. The average Bonchev–Trinajstić information content (AvgIpc) is 3.69. The number of fused-ring (bicyclic) bond motifs is 1. The van der Waals surface area contributed by atoms with Crippen LogP contribution in [-0.2, 0) is 35.5 Å². The Kier molecular flexibility index (Phi) is 12.6. The molecule has 274 valence electrons. The van der Waals surface area contributed by atoms with E-state index in [4.69, 9.17) is 19.0 Å². The molecule has 4 aromatic rings. The highest BCUT2D eigenvalue weighted by molar-refractivity contribution is 7.91. The first-order valence-electron chi connectivity index (χ1n) is 17.9. The van der Waals surface area contributed by atoms with Gasteiger partial charge in [-0.1, -0.05) is 55.0 Å². The van der Waals surface area contributed by atoms with E-state index in [2.05, 4.69) is 52.1 Å². The minimum Gasteiger partial charge on any atom is -0.385 e. The fourth-order valence-corrected chi connectivity index (χ4v) is 8.94. The summed E-state index contributed by atoms with van der Waals surface area (Å²) in [7, 11) is -0.589. The number of aryl methyl sites for hydroxylation is 1. The minimum absolute atomic E-state index is 0.0636. The maximum atomic E-state index is 14.7. The summed E-state index contributed by atoms with van der Waals surface area (Å²) in [6, 6.07) is 21.6. The molecule has 3 aromatic carbocycles. The van der Waals surface area contributed by atoms with Gasteiger partial charge < -0.3 is 19.5 Å². The standard InChI is InChI=1S/C39H51N5O6S/c1-5-33(44-26-40-25-42-44)20-32-21-36(29-12-10-28(11-13-29)23-48-4)38(22-41-32)50-39(51(45,46)34-15-8-27(2)9-16-34)30-14-17-37-35(19-30)31(24-49-43-37)7-6-18-47-3/h8-17,19,25-26,31-33,36,38-39,41,43H,5-7,18,20-24H2,1-4H3/t31?,32-,33+,36+,38-,39?/m0/s1. The van der Waals surface area contributed by atoms with E-state index in [1.54, 1.807) is 39.0 Å².